The van der Waals surface area contributed by atoms with Gasteiger partial charge in [-0.3, -0.25) is 19.7 Å². The first-order chi connectivity index (χ1) is 12.8. The second-order valence-electron chi connectivity index (χ2n) is 8.74. The normalized spacial score (nSPS) is 14.3. The molecule has 0 unspecified atom stereocenters. The fourth-order valence-corrected chi connectivity index (χ4v) is 2.97. The molecule has 156 valence electrons. The molecule has 0 radical (unpaired) electrons. The van der Waals surface area contributed by atoms with Gasteiger partial charge in [0.05, 0.1) is 5.92 Å². The van der Waals surface area contributed by atoms with Gasteiger partial charge >= 0.3 is 11.9 Å². The quantitative estimate of drug-likeness (QED) is 0.299. The van der Waals surface area contributed by atoms with Crippen LogP contribution in [0.2, 0.25) is 0 Å². The van der Waals surface area contributed by atoms with E-state index in [-0.39, 0.29) is 6.42 Å². The molecule has 0 heterocycles. The lowest BCUT2D eigenvalue weighted by Gasteiger charge is -2.31. The van der Waals surface area contributed by atoms with Crippen molar-refractivity contribution in [2.45, 2.75) is 78.0 Å². The van der Waals surface area contributed by atoms with Gasteiger partial charge in [-0.25, -0.2) is 0 Å². The molecule has 7 heteroatoms. The van der Waals surface area contributed by atoms with Crippen LogP contribution in [0.25, 0.3) is 0 Å². The van der Waals surface area contributed by atoms with Crippen molar-refractivity contribution in [1.82, 2.24) is 0 Å². The molecule has 0 spiro atoms. The molecule has 0 saturated heterocycles. The predicted molar refractivity (Wildman–Crippen MR) is 105 cm³/mol. The standard InChI is InChI=1S/C21H31NO6/c1-8-15(22(25)26)16(14-12-10-9-11-13-14)17(18(23)27-20(2,3)4)19(24)28-21(5,6)7/h9-13,15-17H,8H2,1-7H3/t15-,16+/m1/s1. The highest BCUT2D eigenvalue weighted by Crippen LogP contribution is 2.35. The Labute approximate surface area is 166 Å². The van der Waals surface area contributed by atoms with E-state index in [4.69, 9.17) is 9.47 Å². The molecule has 7 nitrogen and oxygen atoms in total. The smallest absolute Gasteiger partial charge is 0.321 e. The van der Waals surface area contributed by atoms with Crippen LogP contribution in [0.15, 0.2) is 30.3 Å². The number of hydrogen-bond acceptors (Lipinski definition) is 6. The maximum Gasteiger partial charge on any atom is 0.321 e. The Bertz CT molecular complexity index is 659. The molecule has 0 aliphatic heterocycles. The van der Waals surface area contributed by atoms with Crippen molar-refractivity contribution in [2.75, 3.05) is 0 Å². The molecule has 0 amide bonds. The maximum absolute atomic E-state index is 13.0. The molecule has 0 aromatic heterocycles. The largest absolute Gasteiger partial charge is 0.459 e. The Hall–Kier alpha value is -2.44. The lowest BCUT2D eigenvalue weighted by atomic mass is 9.79. The van der Waals surface area contributed by atoms with Crippen LogP contribution in [0.5, 0.6) is 0 Å². The van der Waals surface area contributed by atoms with E-state index in [9.17, 15) is 19.7 Å². The molecule has 1 aromatic carbocycles. The average Bonchev–Trinajstić information content (AvgIpc) is 2.51. The Morgan fingerprint density at radius 1 is 0.964 bits per heavy atom. The van der Waals surface area contributed by atoms with Crippen LogP contribution in [0.4, 0.5) is 0 Å². The van der Waals surface area contributed by atoms with Gasteiger partial charge in [-0.1, -0.05) is 37.3 Å². The van der Waals surface area contributed by atoms with E-state index in [1.165, 1.54) is 0 Å². The summed E-state index contributed by atoms with van der Waals surface area (Å²) in [5.74, 6) is -4.10. The predicted octanol–water partition coefficient (Wildman–Crippen LogP) is 4.13. The van der Waals surface area contributed by atoms with E-state index in [1.807, 2.05) is 0 Å². The van der Waals surface area contributed by atoms with Crippen molar-refractivity contribution in [2.24, 2.45) is 5.92 Å². The van der Waals surface area contributed by atoms with Crippen LogP contribution in [-0.2, 0) is 19.1 Å². The van der Waals surface area contributed by atoms with Crippen molar-refractivity contribution in [3.05, 3.63) is 46.0 Å². The monoisotopic (exact) mass is 393 g/mol. The van der Waals surface area contributed by atoms with Gasteiger partial charge in [0.15, 0.2) is 5.92 Å². The van der Waals surface area contributed by atoms with E-state index in [0.29, 0.717) is 5.56 Å². The highest BCUT2D eigenvalue weighted by atomic mass is 16.6. The summed E-state index contributed by atoms with van der Waals surface area (Å²) in [4.78, 5) is 37.3. The summed E-state index contributed by atoms with van der Waals surface area (Å²) >= 11 is 0. The molecule has 0 bridgehead atoms. The van der Waals surface area contributed by atoms with E-state index in [1.54, 1.807) is 78.8 Å². The summed E-state index contributed by atoms with van der Waals surface area (Å²) in [6.07, 6.45) is 0.147. The molecule has 1 aromatic rings. The third-order valence-electron chi connectivity index (χ3n) is 3.97. The molecule has 2 atom stereocenters. The van der Waals surface area contributed by atoms with Gasteiger partial charge in [0.1, 0.15) is 11.2 Å². The molecule has 0 aliphatic rings. The van der Waals surface area contributed by atoms with E-state index in [2.05, 4.69) is 0 Å². The van der Waals surface area contributed by atoms with Gasteiger partial charge in [0, 0.05) is 11.3 Å². The van der Waals surface area contributed by atoms with Crippen LogP contribution >= 0.6 is 0 Å². The third kappa shape index (κ3) is 6.94. The van der Waals surface area contributed by atoms with Gasteiger partial charge in [-0.15, -0.1) is 0 Å². The zero-order chi connectivity index (χ0) is 21.7. The summed E-state index contributed by atoms with van der Waals surface area (Å²) < 4.78 is 10.9. The number of nitro groups is 1. The van der Waals surface area contributed by atoms with Crippen LogP contribution in [0, 0.1) is 16.0 Å². The Morgan fingerprint density at radius 2 is 1.39 bits per heavy atom. The number of hydrogen-bond donors (Lipinski definition) is 0. The third-order valence-corrected chi connectivity index (χ3v) is 3.97. The maximum atomic E-state index is 13.0. The van der Waals surface area contributed by atoms with Crippen molar-refractivity contribution in [1.29, 1.82) is 0 Å². The lowest BCUT2D eigenvalue weighted by molar-refractivity contribution is -0.528. The minimum atomic E-state index is -1.45. The summed E-state index contributed by atoms with van der Waals surface area (Å²) in [6.45, 7) is 11.7. The number of carbonyl (C=O) groups excluding carboxylic acids is 2. The van der Waals surface area contributed by atoms with Crippen molar-refractivity contribution < 1.29 is 24.0 Å². The molecule has 0 fully saturated rings. The van der Waals surface area contributed by atoms with Gasteiger partial charge < -0.3 is 9.47 Å². The van der Waals surface area contributed by atoms with Gasteiger partial charge in [0.2, 0.25) is 6.04 Å². The SMILES string of the molecule is CC[C@H]([C@H](c1ccccc1)C(C(=O)OC(C)(C)C)C(=O)OC(C)(C)C)[N+](=O)[O-]. The fourth-order valence-electron chi connectivity index (χ4n) is 2.97. The van der Waals surface area contributed by atoms with Crippen molar-refractivity contribution in [3.63, 3.8) is 0 Å². The summed E-state index contributed by atoms with van der Waals surface area (Å²) in [6, 6.07) is 7.42. The molecule has 1 rings (SSSR count). The number of benzene rings is 1. The molecule has 0 saturated carbocycles. The number of esters is 2. The number of rotatable bonds is 7. The van der Waals surface area contributed by atoms with E-state index in [0.717, 1.165) is 0 Å². The van der Waals surface area contributed by atoms with Crippen LogP contribution in [-0.4, -0.2) is 34.1 Å². The number of nitrogens with zero attached hydrogens (tertiary/aromatic N) is 1. The summed E-state index contributed by atoms with van der Waals surface area (Å²) in [5, 5.41) is 11.8. The summed E-state index contributed by atoms with van der Waals surface area (Å²) in [5.41, 5.74) is -1.18. The Balaban J connectivity index is 3.54. The van der Waals surface area contributed by atoms with Crippen molar-refractivity contribution in [3.8, 4) is 0 Å². The first kappa shape index (κ1) is 23.6. The topological polar surface area (TPSA) is 95.7 Å². The lowest BCUT2D eigenvalue weighted by Crippen LogP contribution is -2.44. The highest BCUT2D eigenvalue weighted by Gasteiger charge is 2.48. The molecular formula is C21H31NO6. The zero-order valence-corrected chi connectivity index (χ0v) is 17.7. The molecule has 0 N–H and O–H groups in total. The second-order valence-corrected chi connectivity index (χ2v) is 8.74. The molecule has 28 heavy (non-hydrogen) atoms. The minimum Gasteiger partial charge on any atom is -0.459 e. The molecule has 0 aliphatic carbocycles. The Kier molecular flexibility index (Phi) is 7.73. The number of ether oxygens (including phenoxy) is 2. The van der Waals surface area contributed by atoms with E-state index >= 15 is 0 Å². The Morgan fingerprint density at radius 3 is 1.71 bits per heavy atom. The highest BCUT2D eigenvalue weighted by molar-refractivity contribution is 5.96. The van der Waals surface area contributed by atoms with Crippen LogP contribution in [0.3, 0.4) is 0 Å². The molecular weight excluding hydrogens is 362 g/mol. The first-order valence-corrected chi connectivity index (χ1v) is 9.41. The average molecular weight is 393 g/mol. The van der Waals surface area contributed by atoms with E-state index < -0.39 is 45.9 Å². The fraction of sp³-hybridized carbons (Fsp3) is 0.619. The van der Waals surface area contributed by atoms with Crippen molar-refractivity contribution >= 4 is 11.9 Å². The van der Waals surface area contributed by atoms with Crippen LogP contribution in [0.1, 0.15) is 66.4 Å². The van der Waals surface area contributed by atoms with Gasteiger partial charge in [0.25, 0.3) is 0 Å². The van der Waals surface area contributed by atoms with Crippen LogP contribution < -0.4 is 0 Å². The number of carbonyl (C=O) groups is 2. The summed E-state index contributed by atoms with van der Waals surface area (Å²) in [7, 11) is 0. The minimum absolute atomic E-state index is 0.147. The van der Waals surface area contributed by atoms with Gasteiger partial charge in [-0.2, -0.15) is 0 Å². The first-order valence-electron chi connectivity index (χ1n) is 9.41. The van der Waals surface area contributed by atoms with Gasteiger partial charge in [-0.05, 0) is 47.1 Å². The second kappa shape index (κ2) is 9.17. The zero-order valence-electron chi connectivity index (χ0n) is 17.7.